The predicted molar refractivity (Wildman–Crippen MR) is 342 cm³/mol. The molecule has 0 aromatic heterocycles. The first kappa shape index (κ1) is 62.9. The van der Waals surface area contributed by atoms with Crippen molar-refractivity contribution < 1.29 is 19.0 Å². The molecule has 4 aliphatic rings. The summed E-state index contributed by atoms with van der Waals surface area (Å²) in [6, 6.07) is 54.6. The molecule has 7 nitrogen and oxygen atoms in total. The highest BCUT2D eigenvalue weighted by atomic mass is 16.5. The first-order chi connectivity index (χ1) is 40.6. The van der Waals surface area contributed by atoms with Crippen molar-refractivity contribution in [3.05, 3.63) is 179 Å². The van der Waals surface area contributed by atoms with Crippen molar-refractivity contribution in [1.29, 1.82) is 0 Å². The third kappa shape index (κ3) is 17.3. The van der Waals surface area contributed by atoms with Crippen LogP contribution >= 0.6 is 0 Å². The van der Waals surface area contributed by atoms with Crippen LogP contribution in [0.4, 0.5) is 0 Å². The standard InChI is InChI=1S/C76H107N3O4/c1-6-8-9-10-11-27-48-79(59-65-38-25-16-26-39-65)73(80)43-40-60(3)68-41-42-69-74-70(54-72(76(68,69)5)83-51-29-47-78(57-63-34-21-14-22-35-63)58-64-36-23-15-24-37-64)75(4)45-44-67(52-66(75)53-71(74)82-49-7-2)81-50-28-46-77(55-61-30-17-12-18-31-61)56-62-32-19-13-20-33-62/h12-26,30-39,60,66-72,74H,6-11,27-29,40-59H2,1-5H3/t60?,66?,67-,68-,69+,70+,71-,72+,74?,75?,76?/m1/s1. The van der Waals surface area contributed by atoms with Crippen LogP contribution < -0.4 is 0 Å². The number of hydrogen-bond acceptors (Lipinski definition) is 6. The van der Waals surface area contributed by atoms with Gasteiger partial charge in [-0.25, -0.2) is 0 Å². The summed E-state index contributed by atoms with van der Waals surface area (Å²) >= 11 is 0. The molecule has 4 aliphatic carbocycles. The molecule has 0 aliphatic heterocycles. The first-order valence-electron chi connectivity index (χ1n) is 33.4. The van der Waals surface area contributed by atoms with Crippen molar-refractivity contribution in [3.8, 4) is 0 Å². The zero-order valence-corrected chi connectivity index (χ0v) is 52.1. The minimum Gasteiger partial charge on any atom is -0.378 e. The van der Waals surface area contributed by atoms with E-state index in [2.05, 4.69) is 201 Å². The zero-order valence-electron chi connectivity index (χ0n) is 52.1. The van der Waals surface area contributed by atoms with Gasteiger partial charge < -0.3 is 19.1 Å². The van der Waals surface area contributed by atoms with E-state index < -0.39 is 0 Å². The molecule has 7 heteroatoms. The number of amides is 1. The third-order valence-corrected chi connectivity index (χ3v) is 21.0. The van der Waals surface area contributed by atoms with Gasteiger partial charge in [0.2, 0.25) is 5.91 Å². The van der Waals surface area contributed by atoms with E-state index in [1.165, 1.54) is 79.2 Å². The summed E-state index contributed by atoms with van der Waals surface area (Å²) in [5.41, 5.74) is 6.86. The first-order valence-corrected chi connectivity index (χ1v) is 33.4. The number of rotatable bonds is 34. The van der Waals surface area contributed by atoms with Crippen molar-refractivity contribution in [2.45, 2.75) is 201 Å². The van der Waals surface area contributed by atoms with E-state index >= 15 is 0 Å². The highest BCUT2D eigenvalue weighted by Gasteiger charge is 2.66. The minimum atomic E-state index is -0.00809. The maximum atomic E-state index is 14.5. The van der Waals surface area contributed by atoms with Crippen molar-refractivity contribution in [2.75, 3.05) is 39.5 Å². The maximum absolute atomic E-state index is 14.5. The minimum absolute atomic E-state index is 0.00809. The van der Waals surface area contributed by atoms with Gasteiger partial charge in [0.1, 0.15) is 0 Å². The van der Waals surface area contributed by atoms with Crippen LogP contribution in [0.15, 0.2) is 152 Å². The van der Waals surface area contributed by atoms with Gasteiger partial charge in [-0.3, -0.25) is 14.6 Å². The summed E-state index contributed by atoms with van der Waals surface area (Å²) in [6.07, 6.45) is 20.8. The molecule has 0 saturated heterocycles. The highest BCUT2D eigenvalue weighted by Crippen LogP contribution is 2.69. The summed E-state index contributed by atoms with van der Waals surface area (Å²) in [6.45, 7) is 22.1. The zero-order chi connectivity index (χ0) is 57.7. The van der Waals surface area contributed by atoms with Crippen molar-refractivity contribution in [2.24, 2.45) is 46.3 Å². The summed E-state index contributed by atoms with van der Waals surface area (Å²) in [7, 11) is 0. The molecule has 1 amide bonds. The number of hydrogen-bond donors (Lipinski definition) is 0. The normalized spacial score (nSPS) is 26.1. The molecule has 83 heavy (non-hydrogen) atoms. The molecule has 5 aromatic rings. The smallest absolute Gasteiger partial charge is 0.222 e. The van der Waals surface area contributed by atoms with Crippen LogP contribution in [0.3, 0.4) is 0 Å². The molecule has 11 atom stereocenters. The van der Waals surface area contributed by atoms with Gasteiger partial charge in [0, 0.05) is 84.0 Å². The summed E-state index contributed by atoms with van der Waals surface area (Å²) < 4.78 is 21.9. The number of nitrogens with zero attached hydrogens (tertiary/aromatic N) is 3. The Labute approximate surface area is 503 Å². The highest BCUT2D eigenvalue weighted by molar-refractivity contribution is 5.76. The van der Waals surface area contributed by atoms with Crippen LogP contribution in [-0.4, -0.2) is 78.4 Å². The molecule has 0 N–H and O–H groups in total. The molecular formula is C76H107N3O4. The number of carbonyl (C=O) groups is 1. The van der Waals surface area contributed by atoms with Gasteiger partial charge in [-0.1, -0.05) is 218 Å². The van der Waals surface area contributed by atoms with Gasteiger partial charge in [0.15, 0.2) is 0 Å². The number of benzene rings is 5. The Bertz CT molecular complexity index is 2500. The lowest BCUT2D eigenvalue weighted by molar-refractivity contribution is -0.227. The lowest BCUT2D eigenvalue weighted by Crippen LogP contribution is -2.63. The molecule has 9 rings (SSSR count). The third-order valence-electron chi connectivity index (χ3n) is 21.0. The Hall–Kier alpha value is -4.63. The van der Waals surface area contributed by atoms with Gasteiger partial charge in [0.25, 0.3) is 0 Å². The van der Waals surface area contributed by atoms with E-state index in [-0.39, 0.29) is 29.1 Å². The fraction of sp³-hybridized carbons (Fsp3) is 0.592. The quantitative estimate of drug-likeness (QED) is 0.0383. The Morgan fingerprint density at radius 1 is 0.518 bits per heavy atom. The second-order valence-electron chi connectivity index (χ2n) is 26.7. The predicted octanol–water partition coefficient (Wildman–Crippen LogP) is 17.4. The molecule has 5 unspecified atom stereocenters. The summed E-state index contributed by atoms with van der Waals surface area (Å²) in [4.78, 5) is 21.9. The molecule has 4 saturated carbocycles. The number of unbranched alkanes of at least 4 members (excludes halogenated alkanes) is 5. The summed E-state index contributed by atoms with van der Waals surface area (Å²) in [5, 5.41) is 0. The average molecular weight is 1130 g/mol. The molecule has 5 aromatic carbocycles. The number of ether oxygens (including phenoxy) is 3. The van der Waals surface area contributed by atoms with Crippen LogP contribution in [0, 0.1) is 46.3 Å². The lowest BCUT2D eigenvalue weighted by Gasteiger charge is -2.65. The van der Waals surface area contributed by atoms with E-state index in [1.807, 2.05) is 0 Å². The van der Waals surface area contributed by atoms with Crippen molar-refractivity contribution in [1.82, 2.24) is 14.7 Å². The van der Waals surface area contributed by atoms with Gasteiger partial charge in [-0.05, 0) is 146 Å². The van der Waals surface area contributed by atoms with E-state index in [1.54, 1.807) is 0 Å². The SMILES string of the molecule is CCCCCCCCN(Cc1ccccc1)C(=O)CCC(C)[C@H]1CC[C@H]2C3[C@H](OCCC)CC4C[C@H](OCCCN(Cc5ccccc5)Cc5ccccc5)CCC4(C)[C@H]3C[C@H](OCCCN(Cc3ccccc3)Cc3ccccc3)C12C. The van der Waals surface area contributed by atoms with Crippen LogP contribution in [0.25, 0.3) is 0 Å². The maximum Gasteiger partial charge on any atom is 0.222 e. The largest absolute Gasteiger partial charge is 0.378 e. The molecular weight excluding hydrogens is 1020 g/mol. The molecule has 0 bridgehead atoms. The van der Waals surface area contributed by atoms with Gasteiger partial charge in [-0.2, -0.15) is 0 Å². The molecule has 0 radical (unpaired) electrons. The van der Waals surface area contributed by atoms with Crippen LogP contribution in [-0.2, 0) is 51.7 Å². The average Bonchev–Trinajstić information content (AvgIpc) is 2.08. The fourth-order valence-electron chi connectivity index (χ4n) is 16.6. The van der Waals surface area contributed by atoms with Gasteiger partial charge in [-0.15, -0.1) is 0 Å². The number of carbonyl (C=O) groups excluding carboxylic acids is 1. The topological polar surface area (TPSA) is 54.5 Å². The monoisotopic (exact) mass is 1130 g/mol. The molecule has 0 heterocycles. The van der Waals surface area contributed by atoms with Crippen LogP contribution in [0.5, 0.6) is 0 Å². The van der Waals surface area contributed by atoms with E-state index in [4.69, 9.17) is 14.2 Å². The van der Waals surface area contributed by atoms with Crippen molar-refractivity contribution >= 4 is 5.91 Å². The second kappa shape index (κ2) is 32.2. The molecule has 4 fully saturated rings. The van der Waals surface area contributed by atoms with Gasteiger partial charge >= 0.3 is 0 Å². The van der Waals surface area contributed by atoms with Gasteiger partial charge in [0.05, 0.1) is 18.3 Å². The second-order valence-corrected chi connectivity index (χ2v) is 26.7. The molecule has 0 spiro atoms. The molecule has 450 valence electrons. The Morgan fingerprint density at radius 2 is 1.02 bits per heavy atom. The number of fused-ring (bicyclic) bond motifs is 5. The Kier molecular flexibility index (Phi) is 24.4. The van der Waals surface area contributed by atoms with Crippen molar-refractivity contribution in [3.63, 3.8) is 0 Å². The Morgan fingerprint density at radius 3 is 1.55 bits per heavy atom. The van der Waals surface area contributed by atoms with Crippen LogP contribution in [0.1, 0.15) is 178 Å². The van der Waals surface area contributed by atoms with E-state index in [0.717, 1.165) is 123 Å². The fourth-order valence-corrected chi connectivity index (χ4v) is 16.6. The van der Waals surface area contributed by atoms with Crippen LogP contribution in [0.2, 0.25) is 0 Å². The lowest BCUT2D eigenvalue weighted by atomic mass is 9.43. The summed E-state index contributed by atoms with van der Waals surface area (Å²) in [5.74, 6) is 3.35. The van der Waals surface area contributed by atoms with E-state index in [0.29, 0.717) is 54.4 Å². The van der Waals surface area contributed by atoms with E-state index in [9.17, 15) is 4.79 Å². The Balaban J connectivity index is 0.905.